The van der Waals surface area contributed by atoms with Gasteiger partial charge in [-0.1, -0.05) is 6.58 Å². The molecule has 0 bridgehead atoms. The van der Waals surface area contributed by atoms with Crippen LogP contribution in [0.1, 0.15) is 6.92 Å². The van der Waals surface area contributed by atoms with Crippen LogP contribution in [0.15, 0.2) is 30.4 Å². The lowest BCUT2D eigenvalue weighted by Gasteiger charge is -2.15. The largest absolute Gasteiger partial charge is 0.487 e. The molecule has 1 aromatic rings. The van der Waals surface area contributed by atoms with E-state index in [-0.39, 0.29) is 5.91 Å². The van der Waals surface area contributed by atoms with Gasteiger partial charge in [0, 0.05) is 17.3 Å². The third kappa shape index (κ3) is 11.1. The maximum atomic E-state index is 11.9. The van der Waals surface area contributed by atoms with Crippen LogP contribution < -0.4 is 14.8 Å². The van der Waals surface area contributed by atoms with Gasteiger partial charge in [0.1, 0.15) is 13.2 Å². The van der Waals surface area contributed by atoms with Crippen LogP contribution in [-0.2, 0) is 28.5 Å². The number of nitrogens with one attached hydrogen (secondary N) is 1. The zero-order valence-electron chi connectivity index (χ0n) is 18.2. The summed E-state index contributed by atoms with van der Waals surface area (Å²) >= 11 is 0. The van der Waals surface area contributed by atoms with Crippen molar-refractivity contribution >= 4 is 11.6 Å². The minimum atomic E-state index is -0.257. The molecule has 1 heterocycles. The first-order valence-electron chi connectivity index (χ1n) is 10.4. The lowest BCUT2D eigenvalue weighted by molar-refractivity contribution is -0.112. The van der Waals surface area contributed by atoms with Crippen molar-refractivity contribution in [2.24, 2.45) is 0 Å². The van der Waals surface area contributed by atoms with Crippen molar-refractivity contribution in [3.8, 4) is 11.5 Å². The lowest BCUT2D eigenvalue weighted by Crippen LogP contribution is -2.14. The summed E-state index contributed by atoms with van der Waals surface area (Å²) < 4.78 is 38.9. The van der Waals surface area contributed by atoms with E-state index in [9.17, 15) is 4.79 Å². The second kappa shape index (κ2) is 15.6. The van der Waals surface area contributed by atoms with E-state index in [0.717, 1.165) is 0 Å². The number of amides is 1. The van der Waals surface area contributed by atoms with Crippen molar-refractivity contribution in [1.29, 1.82) is 0 Å². The van der Waals surface area contributed by atoms with Crippen LogP contribution in [0.4, 0.5) is 5.69 Å². The zero-order chi connectivity index (χ0) is 22.2. The van der Waals surface area contributed by atoms with Crippen LogP contribution in [0.2, 0.25) is 0 Å². The fourth-order valence-electron chi connectivity index (χ4n) is 2.46. The molecule has 0 saturated carbocycles. The summed E-state index contributed by atoms with van der Waals surface area (Å²) in [5.41, 5.74) is 1.01. The summed E-state index contributed by atoms with van der Waals surface area (Å²) in [6.07, 6.45) is 0. The van der Waals surface area contributed by atoms with Gasteiger partial charge in [0.2, 0.25) is 0 Å². The molecule has 1 amide bonds. The molecular formula is C22H33NO8. The third-order valence-corrected chi connectivity index (χ3v) is 4.05. The van der Waals surface area contributed by atoms with Gasteiger partial charge in [-0.05, 0) is 19.1 Å². The Morgan fingerprint density at radius 1 is 0.710 bits per heavy atom. The second-order valence-corrected chi connectivity index (χ2v) is 6.65. The molecule has 1 aromatic carbocycles. The number of fused-ring (bicyclic) bond motifs is 1. The van der Waals surface area contributed by atoms with E-state index in [2.05, 4.69) is 11.9 Å². The van der Waals surface area contributed by atoms with Crippen LogP contribution in [0.5, 0.6) is 11.5 Å². The first kappa shape index (κ1) is 25.1. The van der Waals surface area contributed by atoms with E-state index in [0.29, 0.717) is 102 Å². The van der Waals surface area contributed by atoms with Gasteiger partial charge in [-0.3, -0.25) is 4.79 Å². The minimum absolute atomic E-state index is 0.257. The minimum Gasteiger partial charge on any atom is -0.487 e. The van der Waals surface area contributed by atoms with Gasteiger partial charge in [0.15, 0.2) is 11.5 Å². The Balaban J connectivity index is 1.91. The predicted octanol–water partition coefficient (Wildman–Crippen LogP) is 2.06. The van der Waals surface area contributed by atoms with Gasteiger partial charge >= 0.3 is 0 Å². The van der Waals surface area contributed by atoms with Crippen LogP contribution in [0, 0.1) is 0 Å². The van der Waals surface area contributed by atoms with Crippen molar-refractivity contribution in [1.82, 2.24) is 0 Å². The molecule has 2 rings (SSSR count). The zero-order valence-corrected chi connectivity index (χ0v) is 18.2. The summed E-state index contributed by atoms with van der Waals surface area (Å²) in [7, 11) is 0. The molecule has 0 aromatic heterocycles. The van der Waals surface area contributed by atoms with Crippen LogP contribution in [0.3, 0.4) is 0 Å². The molecule has 0 radical (unpaired) electrons. The van der Waals surface area contributed by atoms with Gasteiger partial charge in [-0.2, -0.15) is 0 Å². The summed E-state index contributed by atoms with van der Waals surface area (Å²) in [5, 5.41) is 2.77. The smallest absolute Gasteiger partial charge is 0.250 e. The normalized spacial score (nSPS) is 18.4. The number of rotatable bonds is 2. The van der Waals surface area contributed by atoms with E-state index in [1.54, 1.807) is 25.1 Å². The Kier molecular flexibility index (Phi) is 12.6. The molecule has 0 spiro atoms. The highest BCUT2D eigenvalue weighted by molar-refractivity contribution is 6.02. The van der Waals surface area contributed by atoms with E-state index in [1.165, 1.54) is 0 Å². The van der Waals surface area contributed by atoms with Gasteiger partial charge in [-0.25, -0.2) is 0 Å². The Morgan fingerprint density at radius 3 is 1.58 bits per heavy atom. The fraction of sp³-hybridized carbons (Fsp3) is 0.591. The monoisotopic (exact) mass is 439 g/mol. The number of anilines is 1. The number of hydrogen-bond donors (Lipinski definition) is 1. The SMILES string of the molecule is C=C(C)C(=O)Nc1ccc2c(c1)OCCOCCOCCOCCOCCOCCO2. The highest BCUT2D eigenvalue weighted by atomic mass is 16.6. The van der Waals surface area contributed by atoms with E-state index in [1.807, 2.05) is 0 Å². The number of carbonyl (C=O) groups excluding carboxylic acids is 1. The molecule has 0 fully saturated rings. The summed E-state index contributed by atoms with van der Waals surface area (Å²) in [5.74, 6) is 0.804. The van der Waals surface area contributed by atoms with Crippen LogP contribution >= 0.6 is 0 Å². The summed E-state index contributed by atoms with van der Waals surface area (Å²) in [6.45, 7) is 10.7. The molecule has 9 nitrogen and oxygen atoms in total. The van der Waals surface area contributed by atoms with Crippen LogP contribution in [0.25, 0.3) is 0 Å². The molecule has 31 heavy (non-hydrogen) atoms. The van der Waals surface area contributed by atoms with Crippen molar-refractivity contribution in [2.45, 2.75) is 6.92 Å². The molecule has 0 saturated heterocycles. The topological polar surface area (TPSA) is 93.7 Å². The van der Waals surface area contributed by atoms with Gasteiger partial charge in [0.25, 0.3) is 5.91 Å². The first-order chi connectivity index (χ1) is 15.2. The summed E-state index contributed by atoms with van der Waals surface area (Å²) in [6, 6.07) is 5.20. The van der Waals surface area contributed by atoms with Crippen molar-refractivity contribution in [2.75, 3.05) is 84.6 Å². The number of benzene rings is 1. The number of ether oxygens (including phenoxy) is 7. The lowest BCUT2D eigenvalue weighted by atomic mass is 10.2. The molecule has 174 valence electrons. The molecule has 0 atom stereocenters. The Hall–Kier alpha value is -2.17. The quantitative estimate of drug-likeness (QED) is 0.700. The number of hydrogen-bond acceptors (Lipinski definition) is 8. The van der Waals surface area contributed by atoms with Crippen molar-refractivity contribution in [3.63, 3.8) is 0 Å². The third-order valence-electron chi connectivity index (χ3n) is 4.05. The van der Waals surface area contributed by atoms with Crippen molar-refractivity contribution < 1.29 is 38.0 Å². The van der Waals surface area contributed by atoms with Crippen LogP contribution in [-0.4, -0.2) is 85.2 Å². The standard InChI is InChI=1S/C22H33NO8/c1-18(2)22(24)23-19-3-4-20-21(17-19)31-16-14-29-12-10-27-8-6-25-5-7-26-9-11-28-13-15-30-20/h3-4,17H,1,5-16H2,2H3,(H,23,24). The molecular weight excluding hydrogens is 406 g/mol. The highest BCUT2D eigenvalue weighted by Crippen LogP contribution is 2.30. The Bertz CT molecular complexity index is 667. The molecule has 1 N–H and O–H groups in total. The Morgan fingerprint density at radius 2 is 1.13 bits per heavy atom. The molecule has 1 aliphatic heterocycles. The maximum absolute atomic E-state index is 11.9. The average molecular weight is 440 g/mol. The molecule has 1 aliphatic rings. The molecule has 0 aliphatic carbocycles. The summed E-state index contributed by atoms with van der Waals surface area (Å²) in [4.78, 5) is 11.9. The van der Waals surface area contributed by atoms with Gasteiger partial charge in [0.05, 0.1) is 66.1 Å². The van der Waals surface area contributed by atoms with E-state index in [4.69, 9.17) is 33.2 Å². The van der Waals surface area contributed by atoms with Crippen molar-refractivity contribution in [3.05, 3.63) is 30.4 Å². The Labute approximate surface area is 183 Å². The molecule has 0 unspecified atom stereocenters. The van der Waals surface area contributed by atoms with E-state index < -0.39 is 0 Å². The highest BCUT2D eigenvalue weighted by Gasteiger charge is 2.10. The average Bonchev–Trinajstić information content (AvgIpc) is 2.75. The van der Waals surface area contributed by atoms with Gasteiger partial charge < -0.3 is 38.5 Å². The molecule has 9 heteroatoms. The second-order valence-electron chi connectivity index (χ2n) is 6.65. The number of carbonyl (C=O) groups is 1. The first-order valence-corrected chi connectivity index (χ1v) is 10.4. The fourth-order valence-corrected chi connectivity index (χ4v) is 2.46. The van der Waals surface area contributed by atoms with E-state index >= 15 is 0 Å². The maximum Gasteiger partial charge on any atom is 0.250 e. The predicted molar refractivity (Wildman–Crippen MR) is 115 cm³/mol. The van der Waals surface area contributed by atoms with Gasteiger partial charge in [-0.15, -0.1) is 0 Å².